The third-order valence-corrected chi connectivity index (χ3v) is 2.41. The summed E-state index contributed by atoms with van der Waals surface area (Å²) in [6.45, 7) is 4.23. The Hall–Kier alpha value is -1.26. The number of amides is 1. The maximum absolute atomic E-state index is 11.2. The highest BCUT2D eigenvalue weighted by Crippen LogP contribution is 2.22. The molecular weight excluding hydrogens is 240 g/mol. The molecule has 1 aromatic rings. The van der Waals surface area contributed by atoms with Gasteiger partial charge in [-0.3, -0.25) is 4.79 Å². The molecule has 0 aliphatic rings. The molecule has 0 aromatic heterocycles. The topological polar surface area (TPSA) is 64.3 Å². The summed E-state index contributed by atoms with van der Waals surface area (Å²) in [5.74, 6) is -0.0820. The molecule has 94 valence electrons. The van der Waals surface area contributed by atoms with Crippen molar-refractivity contribution < 1.29 is 9.53 Å². The Labute approximate surface area is 106 Å². The second kappa shape index (κ2) is 7.14. The van der Waals surface area contributed by atoms with Crippen molar-refractivity contribution in [3.63, 3.8) is 0 Å². The number of ether oxygens (including phenoxy) is 1. The third kappa shape index (κ3) is 4.63. The van der Waals surface area contributed by atoms with Crippen molar-refractivity contribution in [2.75, 3.05) is 19.7 Å². The molecule has 0 spiro atoms. The summed E-state index contributed by atoms with van der Waals surface area (Å²) >= 11 is 5.84. The van der Waals surface area contributed by atoms with Crippen molar-refractivity contribution in [3.8, 4) is 5.75 Å². The number of nitrogens with two attached hydrogens (primary N) is 1. The monoisotopic (exact) mass is 256 g/mol. The number of hydrogen-bond acceptors (Lipinski definition) is 3. The lowest BCUT2D eigenvalue weighted by molar-refractivity contribution is 0.0996. The molecule has 0 bridgehead atoms. The lowest BCUT2D eigenvalue weighted by Gasteiger charge is -2.10. The number of nitrogens with one attached hydrogen (secondary N) is 1. The van der Waals surface area contributed by atoms with Gasteiger partial charge in [0.2, 0.25) is 0 Å². The summed E-state index contributed by atoms with van der Waals surface area (Å²) in [6.07, 6.45) is 1.07. The Balaban J connectivity index is 2.56. The number of primary amides is 1. The molecule has 1 amide bonds. The average Bonchev–Trinajstić information content (AvgIpc) is 2.28. The van der Waals surface area contributed by atoms with Crippen molar-refractivity contribution in [1.82, 2.24) is 5.32 Å². The van der Waals surface area contributed by atoms with E-state index in [-0.39, 0.29) is 0 Å². The fourth-order valence-corrected chi connectivity index (χ4v) is 1.52. The molecule has 1 aromatic carbocycles. The number of halogens is 1. The first-order valence-electron chi connectivity index (χ1n) is 5.58. The summed E-state index contributed by atoms with van der Waals surface area (Å²) in [4.78, 5) is 11.2. The van der Waals surface area contributed by atoms with Gasteiger partial charge >= 0.3 is 0 Å². The van der Waals surface area contributed by atoms with Crippen LogP contribution in [0.3, 0.4) is 0 Å². The van der Waals surface area contributed by atoms with Crippen LogP contribution in [0, 0.1) is 0 Å². The lowest BCUT2D eigenvalue weighted by atomic mass is 10.2. The first-order valence-corrected chi connectivity index (χ1v) is 5.95. The van der Waals surface area contributed by atoms with Crippen LogP contribution in [0.5, 0.6) is 5.75 Å². The van der Waals surface area contributed by atoms with Crippen LogP contribution >= 0.6 is 11.6 Å². The molecule has 0 aliphatic carbocycles. The molecule has 3 N–H and O–H groups in total. The van der Waals surface area contributed by atoms with Gasteiger partial charge in [0.05, 0.1) is 5.56 Å². The Morgan fingerprint density at radius 3 is 2.88 bits per heavy atom. The second-order valence-electron chi connectivity index (χ2n) is 3.60. The van der Waals surface area contributed by atoms with E-state index >= 15 is 0 Å². The predicted molar refractivity (Wildman–Crippen MR) is 68.6 cm³/mol. The van der Waals surface area contributed by atoms with E-state index in [0.29, 0.717) is 22.9 Å². The van der Waals surface area contributed by atoms with Gasteiger partial charge in [-0.15, -0.1) is 0 Å². The Kier molecular flexibility index (Phi) is 5.80. The van der Waals surface area contributed by atoms with Gasteiger partial charge in [0, 0.05) is 11.6 Å². The van der Waals surface area contributed by atoms with E-state index in [9.17, 15) is 4.79 Å². The van der Waals surface area contributed by atoms with Gasteiger partial charge in [-0.2, -0.15) is 0 Å². The summed E-state index contributed by atoms with van der Waals surface area (Å²) in [5.41, 5.74) is 5.59. The van der Waals surface area contributed by atoms with E-state index in [1.165, 1.54) is 0 Å². The number of hydrogen-bond donors (Lipinski definition) is 2. The van der Waals surface area contributed by atoms with Gasteiger partial charge < -0.3 is 15.8 Å². The summed E-state index contributed by atoms with van der Waals surface area (Å²) in [5, 5.41) is 3.71. The average molecular weight is 257 g/mol. The van der Waals surface area contributed by atoms with Crippen LogP contribution in [0.15, 0.2) is 18.2 Å². The molecule has 0 radical (unpaired) electrons. The van der Waals surface area contributed by atoms with Gasteiger partial charge in [0.25, 0.3) is 5.91 Å². The molecule has 5 heteroatoms. The van der Waals surface area contributed by atoms with Crippen molar-refractivity contribution in [2.24, 2.45) is 5.73 Å². The molecule has 1 rings (SSSR count). The highest BCUT2D eigenvalue weighted by Gasteiger charge is 2.09. The first kappa shape index (κ1) is 13.8. The van der Waals surface area contributed by atoms with Crippen molar-refractivity contribution >= 4 is 17.5 Å². The van der Waals surface area contributed by atoms with Crippen molar-refractivity contribution in [1.29, 1.82) is 0 Å². The quantitative estimate of drug-likeness (QED) is 0.732. The van der Waals surface area contributed by atoms with E-state index in [2.05, 4.69) is 12.2 Å². The largest absolute Gasteiger partial charge is 0.491 e. The minimum absolute atomic E-state index is 0.352. The summed E-state index contributed by atoms with van der Waals surface area (Å²) < 4.78 is 5.48. The minimum Gasteiger partial charge on any atom is -0.491 e. The Morgan fingerprint density at radius 2 is 2.24 bits per heavy atom. The highest BCUT2D eigenvalue weighted by molar-refractivity contribution is 6.30. The Bertz CT molecular complexity index is 383. The van der Waals surface area contributed by atoms with Crippen LogP contribution in [0.1, 0.15) is 23.7 Å². The molecule has 17 heavy (non-hydrogen) atoms. The van der Waals surface area contributed by atoms with Crippen LogP contribution in [-0.4, -0.2) is 25.6 Å². The summed E-state index contributed by atoms with van der Waals surface area (Å²) in [7, 11) is 0. The van der Waals surface area contributed by atoms with Crippen molar-refractivity contribution in [2.45, 2.75) is 13.3 Å². The van der Waals surface area contributed by atoms with Gasteiger partial charge in [-0.25, -0.2) is 0 Å². The summed E-state index contributed by atoms with van der Waals surface area (Å²) in [6, 6.07) is 4.78. The molecule has 4 nitrogen and oxygen atoms in total. The van der Waals surface area contributed by atoms with Crippen LogP contribution < -0.4 is 15.8 Å². The van der Waals surface area contributed by atoms with E-state index in [1.807, 2.05) is 0 Å². The highest BCUT2D eigenvalue weighted by atomic mass is 35.5. The molecule has 0 unspecified atom stereocenters. The van der Waals surface area contributed by atoms with Crippen LogP contribution in [0.2, 0.25) is 5.02 Å². The smallest absolute Gasteiger partial charge is 0.252 e. The Morgan fingerprint density at radius 1 is 1.47 bits per heavy atom. The van der Waals surface area contributed by atoms with Gasteiger partial charge in [0.1, 0.15) is 12.4 Å². The zero-order valence-corrected chi connectivity index (χ0v) is 10.6. The number of carbonyl (C=O) groups is 1. The van der Waals surface area contributed by atoms with E-state index in [0.717, 1.165) is 19.5 Å². The number of carbonyl (C=O) groups excluding carboxylic acids is 1. The fourth-order valence-electron chi connectivity index (χ4n) is 1.35. The third-order valence-electron chi connectivity index (χ3n) is 2.17. The molecule has 0 saturated carbocycles. The molecule has 0 fully saturated rings. The predicted octanol–water partition coefficient (Wildman–Crippen LogP) is 1.82. The van der Waals surface area contributed by atoms with Crippen LogP contribution in [0.25, 0.3) is 0 Å². The molecule has 0 saturated heterocycles. The fraction of sp³-hybridized carbons (Fsp3) is 0.417. The zero-order chi connectivity index (χ0) is 12.7. The van der Waals surface area contributed by atoms with Gasteiger partial charge in [-0.05, 0) is 31.2 Å². The first-order chi connectivity index (χ1) is 8.15. The second-order valence-corrected chi connectivity index (χ2v) is 4.04. The number of rotatable bonds is 7. The van der Waals surface area contributed by atoms with Gasteiger partial charge in [0.15, 0.2) is 0 Å². The van der Waals surface area contributed by atoms with E-state index < -0.39 is 5.91 Å². The van der Waals surface area contributed by atoms with Gasteiger partial charge in [-0.1, -0.05) is 18.5 Å². The SMILES string of the molecule is CCCNCCOc1cc(Cl)ccc1C(N)=O. The standard InChI is InChI=1S/C12H17ClN2O2/c1-2-5-15-6-7-17-11-8-9(13)3-4-10(11)12(14)16/h3-4,8,15H,2,5-7H2,1H3,(H2,14,16). The van der Waals surface area contributed by atoms with E-state index in [4.69, 9.17) is 22.1 Å². The maximum atomic E-state index is 11.2. The number of benzene rings is 1. The zero-order valence-electron chi connectivity index (χ0n) is 9.83. The van der Waals surface area contributed by atoms with Crippen LogP contribution in [-0.2, 0) is 0 Å². The van der Waals surface area contributed by atoms with E-state index in [1.54, 1.807) is 18.2 Å². The molecule has 0 atom stereocenters. The normalized spacial score (nSPS) is 10.2. The molecule has 0 heterocycles. The maximum Gasteiger partial charge on any atom is 0.252 e. The molecular formula is C12H17ClN2O2. The van der Waals surface area contributed by atoms with Crippen LogP contribution in [0.4, 0.5) is 0 Å². The minimum atomic E-state index is -0.516. The lowest BCUT2D eigenvalue weighted by Crippen LogP contribution is -2.22. The molecule has 0 aliphatic heterocycles. The van der Waals surface area contributed by atoms with Crippen molar-refractivity contribution in [3.05, 3.63) is 28.8 Å².